The zero-order chi connectivity index (χ0) is 29.5. The number of rotatable bonds is 11. The van der Waals surface area contributed by atoms with Crippen LogP contribution in [-0.2, 0) is 19.4 Å². The number of allylic oxidation sites excluding steroid dienone is 2. The van der Waals surface area contributed by atoms with E-state index in [0.29, 0.717) is 12.0 Å². The molecular weight excluding hydrogens is 522 g/mol. The summed E-state index contributed by atoms with van der Waals surface area (Å²) in [7, 11) is 0. The number of fused-ring (bicyclic) bond motifs is 2. The van der Waals surface area contributed by atoms with Gasteiger partial charge in [-0.3, -0.25) is 14.7 Å². The highest BCUT2D eigenvalue weighted by molar-refractivity contribution is 6.13. The molecule has 0 atom stereocenters. The van der Waals surface area contributed by atoms with Crippen LogP contribution in [0.5, 0.6) is 0 Å². The number of amides is 1. The molecular formula is C36H45N3O3. The zero-order valence-corrected chi connectivity index (χ0v) is 25.2. The van der Waals surface area contributed by atoms with Crippen molar-refractivity contribution in [2.75, 3.05) is 13.1 Å². The lowest BCUT2D eigenvalue weighted by molar-refractivity contribution is 0.102. The third-order valence-corrected chi connectivity index (χ3v) is 8.95. The fraction of sp³-hybridized carbons (Fsp3) is 0.472. The fourth-order valence-electron chi connectivity index (χ4n) is 6.77. The van der Waals surface area contributed by atoms with E-state index in [1.807, 2.05) is 38.1 Å². The zero-order valence-electron chi connectivity index (χ0n) is 25.2. The van der Waals surface area contributed by atoms with Crippen molar-refractivity contribution in [3.05, 3.63) is 88.6 Å². The van der Waals surface area contributed by atoms with Crippen LogP contribution in [0.2, 0.25) is 0 Å². The number of pyridine rings is 1. The molecule has 2 aliphatic rings. The van der Waals surface area contributed by atoms with Crippen molar-refractivity contribution in [1.82, 2.24) is 15.2 Å². The number of unbranched alkanes of at least 4 members (excludes halogenated alkanes) is 3. The summed E-state index contributed by atoms with van der Waals surface area (Å²) in [6, 6.07) is 18.7. The number of nitrogens with zero attached hydrogens (tertiary/aromatic N) is 2. The minimum atomic E-state index is -1.06. The quantitative estimate of drug-likeness (QED) is 0.183. The van der Waals surface area contributed by atoms with Gasteiger partial charge in [0.15, 0.2) is 5.78 Å². The molecule has 1 fully saturated rings. The maximum Gasteiger partial charge on any atom is 0.405 e. The Morgan fingerprint density at radius 2 is 1.76 bits per heavy atom. The number of carbonyl (C=O) groups is 2. The van der Waals surface area contributed by atoms with Gasteiger partial charge in [0.05, 0.1) is 11.2 Å². The Morgan fingerprint density at radius 3 is 2.52 bits per heavy atom. The lowest BCUT2D eigenvalue weighted by Crippen LogP contribution is -2.44. The number of ketones is 1. The highest BCUT2D eigenvalue weighted by Gasteiger charge is 2.31. The molecule has 0 unspecified atom stereocenters. The fourth-order valence-corrected chi connectivity index (χ4v) is 6.77. The molecule has 0 bridgehead atoms. The number of aromatic nitrogens is 1. The molecule has 0 saturated carbocycles. The van der Waals surface area contributed by atoms with Crippen molar-refractivity contribution in [3.63, 3.8) is 0 Å². The summed E-state index contributed by atoms with van der Waals surface area (Å²) in [5, 5.41) is 12.9. The molecule has 0 radical (unpaired) electrons. The topological polar surface area (TPSA) is 82.5 Å². The first-order valence-corrected chi connectivity index (χ1v) is 15.7. The van der Waals surface area contributed by atoms with Gasteiger partial charge >= 0.3 is 6.09 Å². The van der Waals surface area contributed by atoms with Gasteiger partial charge in [-0.15, -0.1) is 0 Å². The number of aryl methyl sites for hydroxylation is 1. The number of hydrogen-bond donors (Lipinski definition) is 2. The summed E-state index contributed by atoms with van der Waals surface area (Å²) in [5.74, 6) is 0.908. The molecule has 2 heterocycles. The van der Waals surface area contributed by atoms with Crippen molar-refractivity contribution in [3.8, 4) is 0 Å². The molecule has 1 amide bonds. The van der Waals surface area contributed by atoms with E-state index in [2.05, 4.69) is 46.6 Å². The maximum atomic E-state index is 13.8. The summed E-state index contributed by atoms with van der Waals surface area (Å²) in [6.07, 6.45) is 11.4. The lowest BCUT2D eigenvalue weighted by atomic mass is 9.81. The van der Waals surface area contributed by atoms with Gasteiger partial charge in [-0.2, -0.15) is 0 Å². The molecule has 5 rings (SSSR count). The number of carbonyl (C=O) groups excluding carboxylic acids is 1. The molecule has 3 aromatic rings. The summed E-state index contributed by atoms with van der Waals surface area (Å²) in [5.41, 5.74) is 4.86. The molecule has 2 aromatic carbocycles. The van der Waals surface area contributed by atoms with Gasteiger partial charge in [-0.25, -0.2) is 4.79 Å². The molecule has 6 nitrogen and oxygen atoms in total. The van der Waals surface area contributed by atoms with Crippen LogP contribution in [0.4, 0.5) is 4.79 Å². The van der Waals surface area contributed by atoms with Crippen LogP contribution in [0.25, 0.3) is 10.9 Å². The van der Waals surface area contributed by atoms with Crippen LogP contribution in [0.3, 0.4) is 0 Å². The first-order valence-electron chi connectivity index (χ1n) is 15.7. The highest BCUT2D eigenvalue weighted by Crippen LogP contribution is 2.34. The van der Waals surface area contributed by atoms with Gasteiger partial charge in [0.2, 0.25) is 0 Å². The molecule has 222 valence electrons. The maximum absolute atomic E-state index is 13.8. The highest BCUT2D eigenvalue weighted by atomic mass is 16.4. The molecule has 2 N–H and O–H groups in total. The monoisotopic (exact) mass is 567 g/mol. The number of Topliss-reactive ketones (excluding diaryl/α,β-unsaturated/α-hetero) is 1. The molecule has 1 aliphatic carbocycles. The summed E-state index contributed by atoms with van der Waals surface area (Å²) in [4.78, 5) is 32.7. The van der Waals surface area contributed by atoms with Crippen LogP contribution in [0, 0.1) is 5.92 Å². The average Bonchev–Trinajstić information content (AvgIpc) is 2.96. The Kier molecular flexibility index (Phi) is 9.73. The van der Waals surface area contributed by atoms with Gasteiger partial charge in [0.1, 0.15) is 0 Å². The van der Waals surface area contributed by atoms with Gasteiger partial charge in [-0.1, -0.05) is 73.9 Å². The molecule has 1 saturated heterocycles. The minimum Gasteiger partial charge on any atom is -0.465 e. The third-order valence-electron chi connectivity index (χ3n) is 8.95. The largest absolute Gasteiger partial charge is 0.465 e. The SMILES string of the molecule is CC(C)(Cc1c2c(nc3ccccc13)CCC(=CCCCCCC1CCN(Cc3ccccc3)CC1)C2=O)NC(=O)O. The van der Waals surface area contributed by atoms with E-state index in [1.54, 1.807) is 0 Å². The van der Waals surface area contributed by atoms with Crippen LogP contribution in [0.15, 0.2) is 66.2 Å². The first kappa shape index (κ1) is 30.0. The van der Waals surface area contributed by atoms with Crippen LogP contribution < -0.4 is 5.32 Å². The van der Waals surface area contributed by atoms with Crippen LogP contribution in [-0.4, -0.2) is 45.5 Å². The second kappa shape index (κ2) is 13.6. The van der Waals surface area contributed by atoms with Crippen molar-refractivity contribution < 1.29 is 14.7 Å². The molecule has 0 spiro atoms. The van der Waals surface area contributed by atoms with Crippen molar-refractivity contribution in [2.45, 2.75) is 90.1 Å². The van der Waals surface area contributed by atoms with Gasteiger partial charge in [0, 0.05) is 23.0 Å². The molecule has 1 aliphatic heterocycles. The van der Waals surface area contributed by atoms with Crippen LogP contribution >= 0.6 is 0 Å². The van der Waals surface area contributed by atoms with E-state index >= 15 is 0 Å². The number of hydrogen-bond acceptors (Lipinski definition) is 4. The number of nitrogens with one attached hydrogen (secondary N) is 1. The summed E-state index contributed by atoms with van der Waals surface area (Å²) < 4.78 is 0. The second-order valence-electron chi connectivity index (χ2n) is 12.8. The van der Waals surface area contributed by atoms with Crippen molar-refractivity contribution in [1.29, 1.82) is 0 Å². The Morgan fingerprint density at radius 1 is 1.02 bits per heavy atom. The Bertz CT molecular complexity index is 1420. The Hall–Kier alpha value is -3.51. The van der Waals surface area contributed by atoms with E-state index < -0.39 is 11.6 Å². The van der Waals surface area contributed by atoms with E-state index in [1.165, 1.54) is 50.8 Å². The number of likely N-dealkylation sites (tertiary alicyclic amines) is 1. The second-order valence-corrected chi connectivity index (χ2v) is 12.8. The number of benzene rings is 2. The molecule has 42 heavy (non-hydrogen) atoms. The average molecular weight is 568 g/mol. The smallest absolute Gasteiger partial charge is 0.405 e. The molecule has 1 aromatic heterocycles. The minimum absolute atomic E-state index is 0.0675. The lowest BCUT2D eigenvalue weighted by Gasteiger charge is -2.32. The van der Waals surface area contributed by atoms with Gasteiger partial charge in [-0.05, 0) is 101 Å². The van der Waals surface area contributed by atoms with Gasteiger partial charge < -0.3 is 10.4 Å². The standard InChI is InChI=1S/C36H45N3O3/c1-36(2,38-35(41)42)24-30-29-16-10-11-17-31(29)37-32-19-18-28(34(40)33(30)32)15-9-4-3-6-12-26-20-22-39(23-21-26)25-27-13-7-5-8-14-27/h5,7-8,10-11,13-17,26,38H,3-4,6,9,12,18-25H2,1-2H3,(H,41,42). The van der Waals surface area contributed by atoms with Gasteiger partial charge in [0.25, 0.3) is 0 Å². The van der Waals surface area contributed by atoms with Crippen molar-refractivity contribution in [2.24, 2.45) is 5.92 Å². The summed E-state index contributed by atoms with van der Waals surface area (Å²) >= 11 is 0. The summed E-state index contributed by atoms with van der Waals surface area (Å²) in [6.45, 7) is 7.19. The predicted octanol–water partition coefficient (Wildman–Crippen LogP) is 7.74. The van der Waals surface area contributed by atoms with Crippen LogP contribution in [0.1, 0.15) is 92.4 Å². The number of piperidine rings is 1. The van der Waals surface area contributed by atoms with Crippen molar-refractivity contribution >= 4 is 22.8 Å². The van der Waals surface area contributed by atoms with E-state index in [-0.39, 0.29) is 5.78 Å². The normalized spacial score (nSPS) is 17.5. The Balaban J connectivity index is 1.14. The predicted molar refractivity (Wildman–Crippen MR) is 169 cm³/mol. The van der Waals surface area contributed by atoms with E-state index in [4.69, 9.17) is 4.98 Å². The first-order chi connectivity index (χ1) is 20.3. The van der Waals surface area contributed by atoms with E-state index in [9.17, 15) is 14.7 Å². The Labute approximate surface area is 250 Å². The molecule has 6 heteroatoms. The third kappa shape index (κ3) is 7.65. The number of para-hydroxylation sites is 1. The number of carboxylic acid groups (broad SMARTS) is 1. The van der Waals surface area contributed by atoms with E-state index in [0.717, 1.165) is 65.9 Å².